The Balaban J connectivity index is 2.80. The van der Waals surface area contributed by atoms with E-state index in [1.165, 1.54) is 0 Å². The lowest BCUT2D eigenvalue weighted by atomic mass is 10.1. The number of benzene rings is 1. The summed E-state index contributed by atoms with van der Waals surface area (Å²) in [4.78, 5) is 0. The molecule has 1 aromatic carbocycles. The molecule has 0 fully saturated rings. The zero-order valence-electron chi connectivity index (χ0n) is 9.21. The molecule has 2 nitrogen and oxygen atoms in total. The van der Waals surface area contributed by atoms with Crippen molar-refractivity contribution in [3.8, 4) is 17.6 Å². The molecule has 0 aliphatic rings. The van der Waals surface area contributed by atoms with Gasteiger partial charge in [-0.15, -0.1) is 0 Å². The molecule has 0 atom stereocenters. The molecule has 0 bridgehead atoms. The zero-order valence-corrected chi connectivity index (χ0v) is 9.21. The van der Waals surface area contributed by atoms with E-state index in [9.17, 15) is 0 Å². The first-order chi connectivity index (χ1) is 7.27. The minimum Gasteiger partial charge on any atom is -0.494 e. The minimum atomic E-state index is 0.114. The van der Waals surface area contributed by atoms with Crippen LogP contribution in [0.15, 0.2) is 18.2 Å². The fourth-order valence-electron chi connectivity index (χ4n) is 1.25. The average Bonchev–Trinajstić information content (AvgIpc) is 2.22. The number of hydrogen-bond acceptors (Lipinski definition) is 2. The summed E-state index contributed by atoms with van der Waals surface area (Å²) < 4.78 is 5.38. The SMILES string of the molecule is CCOc1ccc(C#CCCO)c(C)c1. The van der Waals surface area contributed by atoms with Crippen LogP contribution in [0.4, 0.5) is 0 Å². The van der Waals surface area contributed by atoms with Gasteiger partial charge in [-0.1, -0.05) is 11.8 Å². The van der Waals surface area contributed by atoms with Gasteiger partial charge >= 0.3 is 0 Å². The minimum absolute atomic E-state index is 0.114. The molecule has 0 amide bonds. The van der Waals surface area contributed by atoms with E-state index in [1.54, 1.807) is 0 Å². The van der Waals surface area contributed by atoms with Crippen LogP contribution in [0.1, 0.15) is 24.5 Å². The van der Waals surface area contributed by atoms with E-state index in [4.69, 9.17) is 9.84 Å². The molecule has 0 aliphatic carbocycles. The van der Waals surface area contributed by atoms with Crippen LogP contribution in [0.2, 0.25) is 0 Å². The van der Waals surface area contributed by atoms with Crippen molar-refractivity contribution < 1.29 is 9.84 Å². The topological polar surface area (TPSA) is 29.5 Å². The van der Waals surface area contributed by atoms with E-state index in [0.717, 1.165) is 16.9 Å². The summed E-state index contributed by atoms with van der Waals surface area (Å²) in [6.45, 7) is 4.76. The first kappa shape index (κ1) is 11.6. The third-order valence-electron chi connectivity index (χ3n) is 1.97. The van der Waals surface area contributed by atoms with Gasteiger partial charge in [-0.25, -0.2) is 0 Å². The maximum absolute atomic E-state index is 8.61. The van der Waals surface area contributed by atoms with Crippen LogP contribution in [0.3, 0.4) is 0 Å². The standard InChI is InChI=1S/C13H16O2/c1-3-15-13-8-7-12(11(2)10-13)6-4-5-9-14/h7-8,10,14H,3,5,9H2,1-2H3. The molecule has 0 heterocycles. The highest BCUT2D eigenvalue weighted by Gasteiger charge is 1.97. The van der Waals surface area contributed by atoms with Gasteiger partial charge in [-0.05, 0) is 37.6 Å². The molecule has 0 aromatic heterocycles. The Labute approximate surface area is 90.9 Å². The van der Waals surface area contributed by atoms with Crippen molar-refractivity contribution in [2.45, 2.75) is 20.3 Å². The van der Waals surface area contributed by atoms with Crippen LogP contribution in [0, 0.1) is 18.8 Å². The number of aliphatic hydroxyl groups excluding tert-OH is 1. The van der Waals surface area contributed by atoms with Crippen LogP contribution >= 0.6 is 0 Å². The molecule has 15 heavy (non-hydrogen) atoms. The van der Waals surface area contributed by atoms with Gasteiger partial charge in [0.25, 0.3) is 0 Å². The lowest BCUT2D eigenvalue weighted by Gasteiger charge is -2.04. The summed E-state index contributed by atoms with van der Waals surface area (Å²) >= 11 is 0. The maximum atomic E-state index is 8.61. The van der Waals surface area contributed by atoms with Crippen LogP contribution in [-0.2, 0) is 0 Å². The number of aliphatic hydroxyl groups is 1. The summed E-state index contributed by atoms with van der Waals surface area (Å²) in [5.74, 6) is 6.80. The highest BCUT2D eigenvalue weighted by Crippen LogP contribution is 2.16. The van der Waals surface area contributed by atoms with Crippen molar-refractivity contribution in [1.82, 2.24) is 0 Å². The number of hydrogen-bond donors (Lipinski definition) is 1. The number of rotatable bonds is 3. The summed E-state index contributed by atoms with van der Waals surface area (Å²) in [7, 11) is 0. The molecular formula is C13H16O2. The molecule has 0 saturated heterocycles. The summed E-state index contributed by atoms with van der Waals surface area (Å²) in [5.41, 5.74) is 2.10. The van der Waals surface area contributed by atoms with E-state index < -0.39 is 0 Å². The van der Waals surface area contributed by atoms with Crippen molar-refractivity contribution in [3.63, 3.8) is 0 Å². The van der Waals surface area contributed by atoms with Crippen molar-refractivity contribution in [3.05, 3.63) is 29.3 Å². The summed E-state index contributed by atoms with van der Waals surface area (Å²) in [6.07, 6.45) is 0.520. The van der Waals surface area contributed by atoms with E-state index in [0.29, 0.717) is 13.0 Å². The van der Waals surface area contributed by atoms with E-state index in [1.807, 2.05) is 32.0 Å². The summed E-state index contributed by atoms with van der Waals surface area (Å²) in [6, 6.07) is 5.84. The third-order valence-corrected chi connectivity index (χ3v) is 1.97. The Kier molecular flexibility index (Phi) is 4.73. The van der Waals surface area contributed by atoms with E-state index in [2.05, 4.69) is 11.8 Å². The highest BCUT2D eigenvalue weighted by atomic mass is 16.5. The van der Waals surface area contributed by atoms with Gasteiger partial charge in [0.05, 0.1) is 13.2 Å². The Morgan fingerprint density at radius 3 is 2.80 bits per heavy atom. The molecule has 80 valence electrons. The number of ether oxygens (including phenoxy) is 1. The molecule has 2 heteroatoms. The van der Waals surface area contributed by atoms with Crippen molar-refractivity contribution in [1.29, 1.82) is 0 Å². The van der Waals surface area contributed by atoms with Gasteiger partial charge in [0.15, 0.2) is 0 Å². The second kappa shape index (κ2) is 6.10. The normalized spacial score (nSPS) is 9.27. The second-order valence-corrected chi connectivity index (χ2v) is 3.19. The lowest BCUT2D eigenvalue weighted by molar-refractivity contribution is 0.305. The Morgan fingerprint density at radius 1 is 1.40 bits per heavy atom. The first-order valence-electron chi connectivity index (χ1n) is 5.11. The van der Waals surface area contributed by atoms with Gasteiger partial charge in [-0.3, -0.25) is 0 Å². The Hall–Kier alpha value is -1.46. The van der Waals surface area contributed by atoms with Gasteiger partial charge in [-0.2, -0.15) is 0 Å². The molecular weight excluding hydrogens is 188 g/mol. The molecule has 0 spiro atoms. The van der Waals surface area contributed by atoms with Gasteiger partial charge in [0, 0.05) is 12.0 Å². The lowest BCUT2D eigenvalue weighted by Crippen LogP contribution is -1.92. The highest BCUT2D eigenvalue weighted by molar-refractivity contribution is 5.44. The zero-order chi connectivity index (χ0) is 11.1. The van der Waals surface area contributed by atoms with Crippen molar-refractivity contribution >= 4 is 0 Å². The van der Waals surface area contributed by atoms with Crippen LogP contribution in [0.25, 0.3) is 0 Å². The Bertz CT molecular complexity index is 372. The predicted molar refractivity (Wildman–Crippen MR) is 60.9 cm³/mol. The molecule has 0 saturated carbocycles. The van der Waals surface area contributed by atoms with Gasteiger partial charge < -0.3 is 9.84 Å². The van der Waals surface area contributed by atoms with Crippen LogP contribution in [-0.4, -0.2) is 18.3 Å². The fraction of sp³-hybridized carbons (Fsp3) is 0.385. The molecule has 0 radical (unpaired) electrons. The molecule has 1 N–H and O–H groups in total. The first-order valence-corrected chi connectivity index (χ1v) is 5.11. The van der Waals surface area contributed by atoms with Crippen LogP contribution < -0.4 is 4.74 Å². The smallest absolute Gasteiger partial charge is 0.119 e. The van der Waals surface area contributed by atoms with Gasteiger partial charge in [0.2, 0.25) is 0 Å². The van der Waals surface area contributed by atoms with Crippen molar-refractivity contribution in [2.24, 2.45) is 0 Å². The largest absolute Gasteiger partial charge is 0.494 e. The molecule has 1 aromatic rings. The quantitative estimate of drug-likeness (QED) is 0.764. The second-order valence-electron chi connectivity index (χ2n) is 3.19. The van der Waals surface area contributed by atoms with E-state index >= 15 is 0 Å². The average molecular weight is 204 g/mol. The molecule has 1 rings (SSSR count). The monoisotopic (exact) mass is 204 g/mol. The Morgan fingerprint density at radius 2 is 2.20 bits per heavy atom. The van der Waals surface area contributed by atoms with E-state index in [-0.39, 0.29) is 6.61 Å². The van der Waals surface area contributed by atoms with Crippen molar-refractivity contribution in [2.75, 3.05) is 13.2 Å². The maximum Gasteiger partial charge on any atom is 0.119 e. The van der Waals surface area contributed by atoms with Gasteiger partial charge in [0.1, 0.15) is 5.75 Å². The molecule has 0 aliphatic heterocycles. The third kappa shape index (κ3) is 3.65. The predicted octanol–water partition coefficient (Wildman–Crippen LogP) is 2.13. The summed E-state index contributed by atoms with van der Waals surface area (Å²) in [5, 5.41) is 8.61. The molecule has 0 unspecified atom stereocenters. The fourth-order valence-corrected chi connectivity index (χ4v) is 1.25. The van der Waals surface area contributed by atoms with Crippen LogP contribution in [0.5, 0.6) is 5.75 Å². The number of aryl methyl sites for hydroxylation is 1.